The largest absolute Gasteiger partial charge is 0.506 e. The molecule has 1 aliphatic rings. The van der Waals surface area contributed by atoms with Gasteiger partial charge in [-0.2, -0.15) is 0 Å². The fourth-order valence-electron chi connectivity index (χ4n) is 2.73. The van der Waals surface area contributed by atoms with E-state index in [1.807, 2.05) is 27.7 Å². The van der Waals surface area contributed by atoms with Crippen LogP contribution in [0.2, 0.25) is 0 Å². The van der Waals surface area contributed by atoms with Crippen molar-refractivity contribution >= 4 is 17.4 Å². The Morgan fingerprint density at radius 2 is 1.96 bits per heavy atom. The van der Waals surface area contributed by atoms with Crippen molar-refractivity contribution in [3.05, 3.63) is 29.3 Å². The second kappa shape index (κ2) is 7.59. The molecule has 1 atom stereocenters. The molecule has 0 spiro atoms. The summed E-state index contributed by atoms with van der Waals surface area (Å²) in [5.41, 5.74) is 0.109. The number of likely N-dealkylation sites (tertiary alicyclic amines) is 1. The van der Waals surface area contributed by atoms with E-state index in [2.05, 4.69) is 0 Å². The number of aliphatic hydroxyl groups is 1. The number of ether oxygens (including phenoxy) is 2. The highest BCUT2D eigenvalue weighted by molar-refractivity contribution is 6.28. The van der Waals surface area contributed by atoms with Gasteiger partial charge in [0.05, 0.1) is 25.3 Å². The van der Waals surface area contributed by atoms with Crippen molar-refractivity contribution < 1.29 is 24.2 Å². The summed E-state index contributed by atoms with van der Waals surface area (Å²) in [5, 5.41) is 10.6. The van der Waals surface area contributed by atoms with Gasteiger partial charge < -0.3 is 19.5 Å². The highest BCUT2D eigenvalue weighted by Crippen LogP contribution is 2.33. The third-order valence-corrected chi connectivity index (χ3v) is 4.23. The molecule has 1 heterocycles. The fraction of sp³-hybridized carbons (Fsp3) is 0.474. The Kier molecular flexibility index (Phi) is 5.72. The molecule has 0 saturated carbocycles. The third-order valence-electron chi connectivity index (χ3n) is 4.23. The average Bonchev–Trinajstić information content (AvgIpc) is 2.87. The zero-order valence-electron chi connectivity index (χ0n) is 15.3. The molecule has 1 amide bonds. The zero-order valence-corrected chi connectivity index (χ0v) is 15.3. The quantitative estimate of drug-likeness (QED) is 0.486. The molecule has 25 heavy (non-hydrogen) atoms. The molecule has 1 aliphatic heterocycles. The summed E-state index contributed by atoms with van der Waals surface area (Å²) in [5.74, 6) is -0.257. The monoisotopic (exact) mass is 347 g/mol. The highest BCUT2D eigenvalue weighted by atomic mass is 16.5. The number of rotatable bonds is 6. The van der Waals surface area contributed by atoms with Crippen molar-refractivity contribution in [1.82, 2.24) is 4.90 Å². The summed E-state index contributed by atoms with van der Waals surface area (Å²) in [4.78, 5) is 26.3. The fourth-order valence-corrected chi connectivity index (χ4v) is 2.73. The molecule has 6 nitrogen and oxygen atoms in total. The van der Waals surface area contributed by atoms with Gasteiger partial charge in [-0.25, -0.2) is 0 Å². The van der Waals surface area contributed by atoms with E-state index in [0.717, 1.165) is 6.42 Å². The predicted octanol–water partition coefficient (Wildman–Crippen LogP) is 2.96. The van der Waals surface area contributed by atoms with Gasteiger partial charge in [0.25, 0.3) is 5.91 Å². The van der Waals surface area contributed by atoms with Crippen LogP contribution in [0.3, 0.4) is 0 Å². The van der Waals surface area contributed by atoms with Crippen LogP contribution < -0.4 is 9.47 Å². The van der Waals surface area contributed by atoms with Crippen molar-refractivity contribution in [2.24, 2.45) is 0 Å². The standard InChI is InChI=1S/C19H25NO5/c1-6-12(4)20-10-15(21)17(19(20)23)18(22)14-8-7-13(25-11(2)3)9-16(14)24-5/h7-9,11-12,22H,6,10H2,1-5H3/b18-17-. The molecule has 0 aliphatic carbocycles. The number of carbonyl (C=O) groups is 2. The number of aliphatic hydroxyl groups excluding tert-OH is 1. The Morgan fingerprint density at radius 3 is 2.52 bits per heavy atom. The molecular formula is C19H25NO5. The molecular weight excluding hydrogens is 322 g/mol. The first-order valence-electron chi connectivity index (χ1n) is 8.42. The van der Waals surface area contributed by atoms with E-state index in [9.17, 15) is 14.7 Å². The van der Waals surface area contributed by atoms with E-state index >= 15 is 0 Å². The van der Waals surface area contributed by atoms with E-state index in [1.165, 1.54) is 12.0 Å². The summed E-state index contributed by atoms with van der Waals surface area (Å²) < 4.78 is 10.9. The second-order valence-electron chi connectivity index (χ2n) is 6.37. The first kappa shape index (κ1) is 18.8. The van der Waals surface area contributed by atoms with E-state index in [0.29, 0.717) is 17.1 Å². The third kappa shape index (κ3) is 3.78. The lowest BCUT2D eigenvalue weighted by atomic mass is 10.1. The number of nitrogens with zero attached hydrogens (tertiary/aromatic N) is 1. The number of methoxy groups -OCH3 is 1. The van der Waals surface area contributed by atoms with Gasteiger partial charge in [0.15, 0.2) is 5.78 Å². The van der Waals surface area contributed by atoms with Crippen molar-refractivity contribution in [1.29, 1.82) is 0 Å². The van der Waals surface area contributed by atoms with Crippen LogP contribution in [0.25, 0.3) is 5.76 Å². The van der Waals surface area contributed by atoms with E-state index in [1.54, 1.807) is 18.2 Å². The molecule has 1 saturated heterocycles. The average molecular weight is 347 g/mol. The number of carbonyl (C=O) groups excluding carboxylic acids is 2. The molecule has 0 bridgehead atoms. The maximum Gasteiger partial charge on any atom is 0.262 e. The smallest absolute Gasteiger partial charge is 0.262 e. The first-order chi connectivity index (χ1) is 11.8. The first-order valence-corrected chi connectivity index (χ1v) is 8.42. The Morgan fingerprint density at radius 1 is 1.28 bits per heavy atom. The summed E-state index contributed by atoms with van der Waals surface area (Å²) in [7, 11) is 1.46. The summed E-state index contributed by atoms with van der Waals surface area (Å²) >= 11 is 0. The van der Waals surface area contributed by atoms with Crippen LogP contribution in [0.15, 0.2) is 23.8 Å². The lowest BCUT2D eigenvalue weighted by Gasteiger charge is -2.21. The van der Waals surface area contributed by atoms with Gasteiger partial charge in [0.2, 0.25) is 0 Å². The maximum atomic E-state index is 12.6. The van der Waals surface area contributed by atoms with Crippen LogP contribution >= 0.6 is 0 Å². The normalized spacial score (nSPS) is 17.9. The summed E-state index contributed by atoms with van der Waals surface area (Å²) in [6.07, 6.45) is 0.724. The minimum Gasteiger partial charge on any atom is -0.506 e. The molecule has 136 valence electrons. The SMILES string of the molecule is CCC(C)N1CC(=O)/C(=C(/O)c2ccc(OC(C)C)cc2OC)C1=O. The van der Waals surface area contributed by atoms with Crippen LogP contribution in [-0.2, 0) is 9.59 Å². The molecule has 1 aromatic rings. The minimum absolute atomic E-state index is 0.00964. The minimum atomic E-state index is -0.443. The van der Waals surface area contributed by atoms with E-state index in [-0.39, 0.29) is 35.8 Å². The van der Waals surface area contributed by atoms with Crippen LogP contribution in [0.5, 0.6) is 11.5 Å². The van der Waals surface area contributed by atoms with Crippen LogP contribution in [0.4, 0.5) is 0 Å². The van der Waals surface area contributed by atoms with Gasteiger partial charge in [-0.05, 0) is 39.3 Å². The highest BCUT2D eigenvalue weighted by Gasteiger charge is 2.39. The van der Waals surface area contributed by atoms with Gasteiger partial charge in [-0.1, -0.05) is 6.92 Å². The molecule has 6 heteroatoms. The number of ketones is 1. The van der Waals surface area contributed by atoms with Crippen molar-refractivity contribution in [3.63, 3.8) is 0 Å². The number of Topliss-reactive ketones (excluding diaryl/α,β-unsaturated/α-hetero) is 1. The molecule has 1 aromatic carbocycles. The van der Waals surface area contributed by atoms with Crippen LogP contribution in [0, 0.1) is 0 Å². The van der Waals surface area contributed by atoms with Crippen molar-refractivity contribution in [2.75, 3.05) is 13.7 Å². The lowest BCUT2D eigenvalue weighted by Crippen LogP contribution is -2.34. The van der Waals surface area contributed by atoms with E-state index < -0.39 is 5.91 Å². The van der Waals surface area contributed by atoms with Gasteiger partial charge in [0.1, 0.15) is 22.8 Å². The Labute approximate surface area is 148 Å². The summed E-state index contributed by atoms with van der Waals surface area (Å²) in [6, 6.07) is 4.82. The van der Waals surface area contributed by atoms with Crippen LogP contribution in [0.1, 0.15) is 39.7 Å². The lowest BCUT2D eigenvalue weighted by molar-refractivity contribution is -0.126. The maximum absolute atomic E-state index is 12.6. The van der Waals surface area contributed by atoms with Gasteiger partial charge >= 0.3 is 0 Å². The molecule has 0 radical (unpaired) electrons. The number of benzene rings is 1. The molecule has 1 unspecified atom stereocenters. The van der Waals surface area contributed by atoms with Gasteiger partial charge in [0, 0.05) is 12.1 Å². The van der Waals surface area contributed by atoms with Crippen molar-refractivity contribution in [3.8, 4) is 11.5 Å². The number of hydrogen-bond acceptors (Lipinski definition) is 5. The Hall–Kier alpha value is -2.50. The van der Waals surface area contributed by atoms with Gasteiger partial charge in [-0.3, -0.25) is 9.59 Å². The zero-order chi connectivity index (χ0) is 18.7. The second-order valence-corrected chi connectivity index (χ2v) is 6.37. The van der Waals surface area contributed by atoms with Gasteiger partial charge in [-0.15, -0.1) is 0 Å². The number of amides is 1. The topological polar surface area (TPSA) is 76.1 Å². The Balaban J connectivity index is 2.45. The van der Waals surface area contributed by atoms with Crippen molar-refractivity contribution in [2.45, 2.75) is 46.3 Å². The van der Waals surface area contributed by atoms with Crippen LogP contribution in [-0.4, -0.2) is 47.5 Å². The number of hydrogen-bond donors (Lipinski definition) is 1. The molecule has 2 rings (SSSR count). The summed E-state index contributed by atoms with van der Waals surface area (Å²) in [6.45, 7) is 7.62. The van der Waals surface area contributed by atoms with E-state index in [4.69, 9.17) is 9.47 Å². The molecule has 1 fully saturated rings. The predicted molar refractivity (Wildman–Crippen MR) is 94.8 cm³/mol. The molecule has 1 N–H and O–H groups in total. The molecule has 0 aromatic heterocycles. The Bertz CT molecular complexity index is 708.